The predicted molar refractivity (Wildman–Crippen MR) is 84.4 cm³/mol. The lowest BCUT2D eigenvalue weighted by molar-refractivity contribution is -0.122. The van der Waals surface area contributed by atoms with Gasteiger partial charge in [-0.25, -0.2) is 0 Å². The fourth-order valence-corrected chi connectivity index (χ4v) is 2.04. The van der Waals surface area contributed by atoms with Gasteiger partial charge in [0.25, 0.3) is 0 Å². The standard InChI is InChI=1S/C15H22N2O3.ClH/c1-10(16)14(18)17-9-15(2,3)11-4-5-12-13(8-11)20-7-6-19-12;/h4-5,8,10H,6-7,9,16H2,1-3H3,(H,17,18);1H/t10-;/m0./s1. The van der Waals surface area contributed by atoms with Gasteiger partial charge in [0.2, 0.25) is 5.91 Å². The molecule has 5 nitrogen and oxygen atoms in total. The van der Waals surface area contributed by atoms with Gasteiger partial charge in [-0.05, 0) is 24.6 Å². The highest BCUT2D eigenvalue weighted by atomic mass is 35.5. The second kappa shape index (κ2) is 7.00. The molecule has 21 heavy (non-hydrogen) atoms. The molecule has 0 fully saturated rings. The van der Waals surface area contributed by atoms with Crippen molar-refractivity contribution in [3.8, 4) is 11.5 Å². The Bertz CT molecular complexity index is 504. The molecule has 1 aromatic carbocycles. The van der Waals surface area contributed by atoms with Gasteiger partial charge in [0.05, 0.1) is 6.04 Å². The van der Waals surface area contributed by atoms with E-state index in [0.29, 0.717) is 19.8 Å². The third kappa shape index (κ3) is 4.25. The number of amides is 1. The topological polar surface area (TPSA) is 73.6 Å². The summed E-state index contributed by atoms with van der Waals surface area (Å²) in [5.41, 5.74) is 6.43. The summed E-state index contributed by atoms with van der Waals surface area (Å²) >= 11 is 0. The van der Waals surface area contributed by atoms with Crippen LogP contribution in [0.1, 0.15) is 26.3 Å². The second-order valence-electron chi connectivity index (χ2n) is 5.75. The maximum Gasteiger partial charge on any atom is 0.236 e. The molecule has 0 aromatic heterocycles. The zero-order valence-corrected chi connectivity index (χ0v) is 13.5. The van der Waals surface area contributed by atoms with Crippen molar-refractivity contribution in [1.82, 2.24) is 5.32 Å². The molecule has 6 heteroatoms. The Hall–Kier alpha value is -1.46. The van der Waals surface area contributed by atoms with Gasteiger partial charge >= 0.3 is 0 Å². The van der Waals surface area contributed by atoms with E-state index in [2.05, 4.69) is 19.2 Å². The van der Waals surface area contributed by atoms with Crippen molar-refractivity contribution in [1.29, 1.82) is 0 Å². The van der Waals surface area contributed by atoms with Crippen molar-refractivity contribution in [3.63, 3.8) is 0 Å². The first-order chi connectivity index (χ1) is 9.40. The molecule has 1 aromatic rings. The number of nitrogens with two attached hydrogens (primary N) is 1. The molecule has 1 heterocycles. The fourth-order valence-electron chi connectivity index (χ4n) is 2.04. The number of rotatable bonds is 4. The molecular formula is C15H23ClN2O3. The summed E-state index contributed by atoms with van der Waals surface area (Å²) in [5, 5.41) is 2.86. The average molecular weight is 315 g/mol. The van der Waals surface area contributed by atoms with Crippen LogP contribution in [0.3, 0.4) is 0 Å². The minimum absolute atomic E-state index is 0. The Kier molecular flexibility index (Phi) is 5.87. The SMILES string of the molecule is C[C@H](N)C(=O)NCC(C)(C)c1ccc2c(c1)OCCO2.Cl. The molecule has 0 saturated heterocycles. The van der Waals surface area contributed by atoms with Crippen LogP contribution >= 0.6 is 12.4 Å². The van der Waals surface area contributed by atoms with E-state index in [9.17, 15) is 4.79 Å². The minimum Gasteiger partial charge on any atom is -0.486 e. The van der Waals surface area contributed by atoms with E-state index in [4.69, 9.17) is 15.2 Å². The monoisotopic (exact) mass is 314 g/mol. The number of carbonyl (C=O) groups is 1. The molecule has 0 unspecified atom stereocenters. The molecule has 1 aliphatic heterocycles. The van der Waals surface area contributed by atoms with E-state index in [-0.39, 0.29) is 23.7 Å². The van der Waals surface area contributed by atoms with E-state index < -0.39 is 6.04 Å². The normalized spacial score (nSPS) is 14.9. The summed E-state index contributed by atoms with van der Waals surface area (Å²) in [7, 11) is 0. The summed E-state index contributed by atoms with van der Waals surface area (Å²) in [6, 6.07) is 5.41. The van der Waals surface area contributed by atoms with Gasteiger partial charge in [-0.3, -0.25) is 4.79 Å². The number of carbonyl (C=O) groups excluding carboxylic acids is 1. The largest absolute Gasteiger partial charge is 0.486 e. The molecule has 0 aliphatic carbocycles. The van der Waals surface area contributed by atoms with Gasteiger partial charge in [0, 0.05) is 12.0 Å². The number of ether oxygens (including phenoxy) is 2. The molecule has 0 radical (unpaired) electrons. The van der Waals surface area contributed by atoms with E-state index in [1.54, 1.807) is 6.92 Å². The summed E-state index contributed by atoms with van der Waals surface area (Å²) < 4.78 is 11.1. The van der Waals surface area contributed by atoms with Crippen LogP contribution in [-0.4, -0.2) is 31.7 Å². The zero-order chi connectivity index (χ0) is 14.8. The minimum atomic E-state index is -0.494. The van der Waals surface area contributed by atoms with Gasteiger partial charge in [-0.2, -0.15) is 0 Å². The third-order valence-corrected chi connectivity index (χ3v) is 3.44. The summed E-state index contributed by atoms with van der Waals surface area (Å²) in [6.45, 7) is 7.48. The van der Waals surface area contributed by atoms with E-state index in [1.807, 2.05) is 18.2 Å². The van der Waals surface area contributed by atoms with Crippen LogP contribution in [0.25, 0.3) is 0 Å². The molecule has 2 rings (SSSR count). The van der Waals surface area contributed by atoms with Gasteiger partial charge in [0.1, 0.15) is 13.2 Å². The van der Waals surface area contributed by atoms with Crippen molar-refractivity contribution in [2.24, 2.45) is 5.73 Å². The van der Waals surface area contributed by atoms with Gasteiger partial charge in [-0.1, -0.05) is 19.9 Å². The van der Waals surface area contributed by atoms with Gasteiger partial charge in [0.15, 0.2) is 11.5 Å². The van der Waals surface area contributed by atoms with E-state index in [1.165, 1.54) is 0 Å². The van der Waals surface area contributed by atoms with Crippen LogP contribution in [0.4, 0.5) is 0 Å². The third-order valence-electron chi connectivity index (χ3n) is 3.44. The van der Waals surface area contributed by atoms with Crippen LogP contribution in [0, 0.1) is 0 Å². The smallest absolute Gasteiger partial charge is 0.236 e. The van der Waals surface area contributed by atoms with Crippen LogP contribution < -0.4 is 20.5 Å². The Labute approximate surface area is 131 Å². The Balaban J connectivity index is 0.00000220. The quantitative estimate of drug-likeness (QED) is 0.885. The zero-order valence-electron chi connectivity index (χ0n) is 12.6. The predicted octanol–water partition coefficient (Wildman–Crippen LogP) is 1.62. The summed E-state index contributed by atoms with van der Waals surface area (Å²) in [5.74, 6) is 1.39. The Morgan fingerprint density at radius 3 is 2.57 bits per heavy atom. The van der Waals surface area contributed by atoms with Crippen molar-refractivity contribution in [3.05, 3.63) is 23.8 Å². The number of benzene rings is 1. The summed E-state index contributed by atoms with van der Waals surface area (Å²) in [6.07, 6.45) is 0. The maximum atomic E-state index is 11.6. The van der Waals surface area contributed by atoms with Crippen LogP contribution in [-0.2, 0) is 10.2 Å². The molecule has 0 bridgehead atoms. The lowest BCUT2D eigenvalue weighted by Crippen LogP contribution is -2.43. The molecule has 118 valence electrons. The number of fused-ring (bicyclic) bond motifs is 1. The first-order valence-corrected chi connectivity index (χ1v) is 6.83. The number of hydrogen-bond acceptors (Lipinski definition) is 4. The van der Waals surface area contributed by atoms with Crippen molar-refractivity contribution >= 4 is 18.3 Å². The molecule has 1 atom stereocenters. The van der Waals surface area contributed by atoms with Crippen molar-refractivity contribution in [2.75, 3.05) is 19.8 Å². The highest BCUT2D eigenvalue weighted by molar-refractivity contribution is 5.85. The van der Waals surface area contributed by atoms with Crippen molar-refractivity contribution < 1.29 is 14.3 Å². The number of hydrogen-bond donors (Lipinski definition) is 2. The van der Waals surface area contributed by atoms with Gasteiger partial charge < -0.3 is 20.5 Å². The first kappa shape index (κ1) is 17.6. The Morgan fingerprint density at radius 2 is 1.95 bits per heavy atom. The highest BCUT2D eigenvalue weighted by Crippen LogP contribution is 2.34. The van der Waals surface area contributed by atoms with Crippen LogP contribution in [0.5, 0.6) is 11.5 Å². The molecular weight excluding hydrogens is 292 g/mol. The molecule has 0 saturated carbocycles. The first-order valence-electron chi connectivity index (χ1n) is 6.83. The lowest BCUT2D eigenvalue weighted by atomic mass is 9.84. The summed E-state index contributed by atoms with van der Waals surface area (Å²) in [4.78, 5) is 11.6. The van der Waals surface area contributed by atoms with Gasteiger partial charge in [-0.15, -0.1) is 12.4 Å². The van der Waals surface area contributed by atoms with E-state index in [0.717, 1.165) is 17.1 Å². The van der Waals surface area contributed by atoms with Crippen LogP contribution in [0.2, 0.25) is 0 Å². The number of nitrogens with one attached hydrogen (secondary N) is 1. The van der Waals surface area contributed by atoms with Crippen molar-refractivity contribution in [2.45, 2.75) is 32.2 Å². The average Bonchev–Trinajstić information content (AvgIpc) is 2.44. The second-order valence-corrected chi connectivity index (χ2v) is 5.75. The highest BCUT2D eigenvalue weighted by Gasteiger charge is 2.24. The molecule has 0 spiro atoms. The lowest BCUT2D eigenvalue weighted by Gasteiger charge is -2.28. The number of halogens is 1. The molecule has 1 aliphatic rings. The van der Waals surface area contributed by atoms with Crippen LogP contribution in [0.15, 0.2) is 18.2 Å². The van der Waals surface area contributed by atoms with E-state index >= 15 is 0 Å². The Morgan fingerprint density at radius 1 is 1.33 bits per heavy atom. The molecule has 1 amide bonds. The maximum absolute atomic E-state index is 11.6. The molecule has 3 N–H and O–H groups in total. The fraction of sp³-hybridized carbons (Fsp3) is 0.533.